The molecule has 1 saturated heterocycles. The molecule has 0 bridgehead atoms. The Kier molecular flexibility index (Phi) is 5.49. The van der Waals surface area contributed by atoms with E-state index in [1.54, 1.807) is 30.1 Å². The largest absolute Gasteiger partial charge is 0.379 e. The van der Waals surface area contributed by atoms with Crippen LogP contribution in [0.25, 0.3) is 0 Å². The molecular weight excluding hydrogens is 259 g/mol. The van der Waals surface area contributed by atoms with E-state index in [-0.39, 0.29) is 18.1 Å². The third-order valence-corrected chi connectivity index (χ3v) is 3.58. The molecule has 0 spiro atoms. The van der Waals surface area contributed by atoms with Crippen molar-refractivity contribution in [1.29, 1.82) is 0 Å². The van der Waals surface area contributed by atoms with E-state index in [1.807, 2.05) is 0 Å². The Morgan fingerprint density at radius 2 is 2.05 bits per heavy atom. The molecule has 20 heavy (non-hydrogen) atoms. The lowest BCUT2D eigenvalue weighted by atomic mass is 10.1. The molecule has 0 N–H and O–H groups in total. The van der Waals surface area contributed by atoms with Crippen LogP contribution < -0.4 is 0 Å². The summed E-state index contributed by atoms with van der Waals surface area (Å²) in [6.07, 6.45) is 0.117. The molecule has 0 radical (unpaired) electrons. The normalized spacial score (nSPS) is 16.1. The van der Waals surface area contributed by atoms with Gasteiger partial charge in [0.1, 0.15) is 5.82 Å². The van der Waals surface area contributed by atoms with Gasteiger partial charge in [-0.2, -0.15) is 0 Å². The summed E-state index contributed by atoms with van der Waals surface area (Å²) in [6, 6.07) is 6.42. The Labute approximate surface area is 119 Å². The summed E-state index contributed by atoms with van der Waals surface area (Å²) in [5.41, 5.74) is 0.454. The fourth-order valence-electron chi connectivity index (χ4n) is 2.18. The summed E-state index contributed by atoms with van der Waals surface area (Å²) >= 11 is 0. The molecule has 1 heterocycles. The number of halogens is 1. The van der Waals surface area contributed by atoms with Gasteiger partial charge in [-0.05, 0) is 11.6 Å². The molecule has 1 aliphatic heterocycles. The van der Waals surface area contributed by atoms with Gasteiger partial charge in [0.15, 0.2) is 0 Å². The van der Waals surface area contributed by atoms with E-state index in [9.17, 15) is 9.18 Å². The van der Waals surface area contributed by atoms with E-state index in [1.165, 1.54) is 6.07 Å². The van der Waals surface area contributed by atoms with Crippen LogP contribution in [0.1, 0.15) is 5.56 Å². The van der Waals surface area contributed by atoms with Crippen LogP contribution in [0.2, 0.25) is 0 Å². The van der Waals surface area contributed by atoms with Crippen LogP contribution in [0.5, 0.6) is 0 Å². The predicted molar refractivity (Wildman–Crippen MR) is 75.0 cm³/mol. The molecule has 0 aromatic heterocycles. The molecule has 1 amide bonds. The Morgan fingerprint density at radius 3 is 2.75 bits per heavy atom. The molecule has 1 aliphatic rings. The van der Waals surface area contributed by atoms with Crippen molar-refractivity contribution in [2.75, 3.05) is 46.4 Å². The summed E-state index contributed by atoms with van der Waals surface area (Å²) in [6.45, 7) is 4.83. The molecule has 0 aliphatic carbocycles. The molecule has 0 unspecified atom stereocenters. The van der Waals surface area contributed by atoms with E-state index in [4.69, 9.17) is 4.74 Å². The zero-order chi connectivity index (χ0) is 14.4. The van der Waals surface area contributed by atoms with Crippen molar-refractivity contribution < 1.29 is 13.9 Å². The summed E-state index contributed by atoms with van der Waals surface area (Å²) in [4.78, 5) is 16.0. The molecule has 1 aromatic rings. The number of benzene rings is 1. The van der Waals surface area contributed by atoms with E-state index in [0.717, 1.165) is 32.8 Å². The van der Waals surface area contributed by atoms with E-state index >= 15 is 0 Å². The molecule has 1 aromatic carbocycles. The number of rotatable bonds is 5. The Morgan fingerprint density at radius 1 is 1.35 bits per heavy atom. The fraction of sp³-hybridized carbons (Fsp3) is 0.533. The highest BCUT2D eigenvalue weighted by molar-refractivity contribution is 5.78. The highest BCUT2D eigenvalue weighted by atomic mass is 19.1. The maximum absolute atomic E-state index is 13.5. The Bertz CT molecular complexity index is 447. The van der Waals surface area contributed by atoms with Crippen molar-refractivity contribution in [3.8, 4) is 0 Å². The van der Waals surface area contributed by atoms with Gasteiger partial charge < -0.3 is 9.64 Å². The summed E-state index contributed by atoms with van der Waals surface area (Å²) < 4.78 is 18.8. The predicted octanol–water partition coefficient (Wildman–Crippen LogP) is 1.16. The first-order valence-electron chi connectivity index (χ1n) is 6.94. The number of likely N-dealkylation sites (N-methyl/N-ethyl adjacent to an activating group) is 1. The molecule has 2 rings (SSSR count). The lowest BCUT2D eigenvalue weighted by Gasteiger charge is -2.28. The number of nitrogens with zero attached hydrogens (tertiary/aromatic N) is 2. The van der Waals surface area contributed by atoms with Gasteiger partial charge in [0.05, 0.1) is 19.6 Å². The Hall–Kier alpha value is -1.46. The third kappa shape index (κ3) is 4.28. The number of hydrogen-bond donors (Lipinski definition) is 0. The van der Waals surface area contributed by atoms with Gasteiger partial charge in [0, 0.05) is 33.2 Å². The van der Waals surface area contributed by atoms with Crippen molar-refractivity contribution in [2.24, 2.45) is 0 Å². The lowest BCUT2D eigenvalue weighted by Crippen LogP contribution is -2.42. The second-order valence-corrected chi connectivity index (χ2v) is 5.04. The zero-order valence-corrected chi connectivity index (χ0v) is 11.8. The standard InChI is InChI=1S/C15H21FN2O2/c1-17(6-7-18-8-10-20-11-9-18)15(19)12-13-4-2-3-5-14(13)16/h2-5H,6-12H2,1H3. The molecule has 5 heteroatoms. The van der Waals surface area contributed by atoms with Crippen molar-refractivity contribution in [3.63, 3.8) is 0 Å². The van der Waals surface area contributed by atoms with Crippen molar-refractivity contribution in [1.82, 2.24) is 9.80 Å². The first-order valence-corrected chi connectivity index (χ1v) is 6.94. The maximum atomic E-state index is 13.5. The molecule has 4 nitrogen and oxygen atoms in total. The molecule has 0 atom stereocenters. The van der Waals surface area contributed by atoms with Gasteiger partial charge in [-0.15, -0.1) is 0 Å². The van der Waals surface area contributed by atoms with E-state index in [2.05, 4.69) is 4.90 Å². The first kappa shape index (κ1) is 14.9. The fourth-order valence-corrected chi connectivity index (χ4v) is 2.18. The number of amides is 1. The van der Waals surface area contributed by atoms with Crippen LogP contribution in [0, 0.1) is 5.82 Å². The quantitative estimate of drug-likeness (QED) is 0.811. The molecule has 110 valence electrons. The van der Waals surface area contributed by atoms with Crippen LogP contribution in [0.4, 0.5) is 4.39 Å². The van der Waals surface area contributed by atoms with Gasteiger partial charge in [-0.3, -0.25) is 9.69 Å². The second-order valence-electron chi connectivity index (χ2n) is 5.04. The number of morpholine rings is 1. The van der Waals surface area contributed by atoms with Gasteiger partial charge in [0.25, 0.3) is 0 Å². The highest BCUT2D eigenvalue weighted by Gasteiger charge is 2.15. The van der Waals surface area contributed by atoms with Crippen LogP contribution in [0.3, 0.4) is 0 Å². The SMILES string of the molecule is CN(CCN1CCOCC1)C(=O)Cc1ccccc1F. The van der Waals surface area contributed by atoms with Gasteiger partial charge >= 0.3 is 0 Å². The maximum Gasteiger partial charge on any atom is 0.226 e. The van der Waals surface area contributed by atoms with E-state index < -0.39 is 0 Å². The van der Waals surface area contributed by atoms with Gasteiger partial charge in [-0.25, -0.2) is 4.39 Å². The minimum absolute atomic E-state index is 0.0524. The average Bonchev–Trinajstić information content (AvgIpc) is 2.48. The number of ether oxygens (including phenoxy) is 1. The number of carbonyl (C=O) groups excluding carboxylic acids is 1. The van der Waals surface area contributed by atoms with Crippen molar-refractivity contribution in [2.45, 2.75) is 6.42 Å². The lowest BCUT2D eigenvalue weighted by molar-refractivity contribution is -0.129. The van der Waals surface area contributed by atoms with Gasteiger partial charge in [-0.1, -0.05) is 18.2 Å². The molecule has 1 fully saturated rings. The highest BCUT2D eigenvalue weighted by Crippen LogP contribution is 2.08. The van der Waals surface area contributed by atoms with Crippen molar-refractivity contribution >= 4 is 5.91 Å². The zero-order valence-electron chi connectivity index (χ0n) is 11.8. The summed E-state index contributed by atoms with van der Waals surface area (Å²) in [5, 5.41) is 0. The first-order chi connectivity index (χ1) is 9.66. The summed E-state index contributed by atoms with van der Waals surface area (Å²) in [5.74, 6) is -0.370. The second kappa shape index (κ2) is 7.36. The Balaban J connectivity index is 1.78. The average molecular weight is 280 g/mol. The van der Waals surface area contributed by atoms with Crippen molar-refractivity contribution in [3.05, 3.63) is 35.6 Å². The number of hydrogen-bond acceptors (Lipinski definition) is 3. The topological polar surface area (TPSA) is 32.8 Å². The third-order valence-electron chi connectivity index (χ3n) is 3.58. The molecular formula is C15H21FN2O2. The minimum atomic E-state index is -0.317. The smallest absolute Gasteiger partial charge is 0.226 e. The minimum Gasteiger partial charge on any atom is -0.379 e. The molecule has 0 saturated carbocycles. The van der Waals surface area contributed by atoms with Crippen LogP contribution in [-0.4, -0.2) is 62.1 Å². The summed E-state index contributed by atoms with van der Waals surface area (Å²) in [7, 11) is 1.77. The van der Waals surface area contributed by atoms with Crippen LogP contribution in [0.15, 0.2) is 24.3 Å². The van der Waals surface area contributed by atoms with Crippen LogP contribution in [-0.2, 0) is 16.0 Å². The van der Waals surface area contributed by atoms with E-state index in [0.29, 0.717) is 12.1 Å². The number of carbonyl (C=O) groups is 1. The monoisotopic (exact) mass is 280 g/mol. The van der Waals surface area contributed by atoms with Gasteiger partial charge in [0.2, 0.25) is 5.91 Å². The van der Waals surface area contributed by atoms with Crippen LogP contribution >= 0.6 is 0 Å².